The van der Waals surface area contributed by atoms with E-state index in [9.17, 15) is 13.2 Å². The summed E-state index contributed by atoms with van der Waals surface area (Å²) in [5.74, 6) is -0.872. The van der Waals surface area contributed by atoms with Crippen LogP contribution in [0, 0.1) is 12.8 Å². The number of piperidine rings is 2. The molecule has 0 saturated carbocycles. The smallest absolute Gasteiger partial charge is 0.475 e. The zero-order valence-corrected chi connectivity index (χ0v) is 25.3. The van der Waals surface area contributed by atoms with Crippen molar-refractivity contribution in [1.82, 2.24) is 19.8 Å². The molecule has 2 aromatic carbocycles. The van der Waals surface area contributed by atoms with Gasteiger partial charge in [-0.2, -0.15) is 13.2 Å². The summed E-state index contributed by atoms with van der Waals surface area (Å²) in [5, 5.41) is 7.12. The van der Waals surface area contributed by atoms with Gasteiger partial charge in [-0.15, -0.1) is 11.3 Å². The predicted octanol–water partition coefficient (Wildman–Crippen LogP) is 7.99. The number of imidazole rings is 1. The topological polar surface area (TPSA) is 72.5 Å². The number of likely N-dealkylation sites (tertiary alicyclic amines) is 2. The first-order chi connectivity index (χ1) is 20.7. The Kier molecular flexibility index (Phi) is 10.2. The van der Waals surface area contributed by atoms with Crippen LogP contribution in [-0.4, -0.2) is 69.7 Å². The molecule has 0 unspecified atom stereocenters. The Labute approximate surface area is 254 Å². The number of carbonyl (C=O) groups is 1. The molecular weight excluding hydrogens is 573 g/mol. The van der Waals surface area contributed by atoms with Gasteiger partial charge >= 0.3 is 12.1 Å². The second kappa shape index (κ2) is 14.1. The Morgan fingerprint density at radius 2 is 1.67 bits per heavy atom. The predicted molar refractivity (Wildman–Crippen MR) is 166 cm³/mol. The van der Waals surface area contributed by atoms with E-state index in [0.717, 1.165) is 29.3 Å². The molecule has 6 rings (SSSR count). The number of aryl methyl sites for hydroxylation is 1. The van der Waals surface area contributed by atoms with Crippen LogP contribution in [0.2, 0.25) is 0 Å². The highest BCUT2D eigenvalue weighted by Gasteiger charge is 2.38. The van der Waals surface area contributed by atoms with Crippen LogP contribution in [0.15, 0.2) is 54.6 Å². The summed E-state index contributed by atoms with van der Waals surface area (Å²) in [4.78, 5) is 25.1. The maximum absolute atomic E-state index is 10.6. The molecule has 43 heavy (non-hydrogen) atoms. The Morgan fingerprint density at radius 1 is 0.977 bits per heavy atom. The number of thiophene rings is 1. The van der Waals surface area contributed by atoms with Gasteiger partial charge in [0.05, 0.1) is 15.9 Å². The molecule has 0 bridgehead atoms. The molecule has 2 aromatic heterocycles. The highest BCUT2D eigenvalue weighted by molar-refractivity contribution is 7.18. The fraction of sp³-hybridized carbons (Fsp3) is 0.455. The molecule has 0 spiro atoms. The molecular formula is C33H39F3N4O2S. The van der Waals surface area contributed by atoms with Gasteiger partial charge in [0, 0.05) is 11.4 Å². The molecule has 230 valence electrons. The van der Waals surface area contributed by atoms with Crippen molar-refractivity contribution in [2.24, 2.45) is 5.92 Å². The van der Waals surface area contributed by atoms with E-state index in [1.165, 1.54) is 97.7 Å². The lowest BCUT2D eigenvalue weighted by Gasteiger charge is -2.34. The van der Waals surface area contributed by atoms with Crippen molar-refractivity contribution < 1.29 is 23.1 Å². The number of carboxylic acids is 1. The molecule has 0 aliphatic carbocycles. The van der Waals surface area contributed by atoms with Gasteiger partial charge in [-0.1, -0.05) is 36.8 Å². The number of aliphatic carboxylic acids is 1. The molecule has 0 amide bonds. The second-order valence-electron chi connectivity index (χ2n) is 11.6. The number of nitrogens with zero attached hydrogens (tertiary/aromatic N) is 3. The first-order valence-corrected chi connectivity index (χ1v) is 15.9. The van der Waals surface area contributed by atoms with Gasteiger partial charge in [-0.05, 0) is 119 Å². The molecule has 2 aliphatic heterocycles. The van der Waals surface area contributed by atoms with E-state index in [1.807, 2.05) is 11.3 Å². The summed E-state index contributed by atoms with van der Waals surface area (Å²) < 4.78 is 31.7. The summed E-state index contributed by atoms with van der Waals surface area (Å²) in [6.07, 6.45) is 3.28. The third kappa shape index (κ3) is 8.46. The second-order valence-corrected chi connectivity index (χ2v) is 12.7. The molecule has 10 heteroatoms. The molecule has 2 aliphatic rings. The van der Waals surface area contributed by atoms with E-state index < -0.39 is 12.1 Å². The Bertz CT molecular complexity index is 1500. The Morgan fingerprint density at radius 3 is 2.37 bits per heavy atom. The molecule has 2 saturated heterocycles. The van der Waals surface area contributed by atoms with Crippen molar-refractivity contribution in [2.75, 3.05) is 32.7 Å². The number of benzene rings is 2. The van der Waals surface area contributed by atoms with Gasteiger partial charge in [0.2, 0.25) is 0 Å². The van der Waals surface area contributed by atoms with Gasteiger partial charge in [-0.3, -0.25) is 4.90 Å². The van der Waals surface area contributed by atoms with Crippen LogP contribution in [0.4, 0.5) is 13.2 Å². The van der Waals surface area contributed by atoms with Crippen molar-refractivity contribution in [3.63, 3.8) is 0 Å². The zero-order chi connectivity index (χ0) is 30.4. The number of para-hydroxylation sites is 1. The minimum absolute atomic E-state index is 0.918. The number of nitrogens with one attached hydrogen (secondary N) is 1. The maximum Gasteiger partial charge on any atom is 0.490 e. The fourth-order valence-electron chi connectivity index (χ4n) is 5.98. The number of aromatic nitrogens is 2. The van der Waals surface area contributed by atoms with E-state index in [1.54, 1.807) is 0 Å². The molecule has 2 fully saturated rings. The molecule has 4 heterocycles. The van der Waals surface area contributed by atoms with Crippen LogP contribution in [0.25, 0.3) is 32.2 Å². The number of hydrogen-bond acceptors (Lipinski definition) is 5. The van der Waals surface area contributed by atoms with E-state index in [-0.39, 0.29) is 0 Å². The Balaban J connectivity index is 0.000000472. The first kappa shape index (κ1) is 31.2. The van der Waals surface area contributed by atoms with Crippen molar-refractivity contribution in [2.45, 2.75) is 58.2 Å². The van der Waals surface area contributed by atoms with Crippen LogP contribution in [-0.2, 0) is 11.3 Å². The van der Waals surface area contributed by atoms with E-state index in [4.69, 9.17) is 14.9 Å². The van der Waals surface area contributed by atoms with Gasteiger partial charge in [0.15, 0.2) is 0 Å². The molecule has 2 N–H and O–H groups in total. The summed E-state index contributed by atoms with van der Waals surface area (Å²) in [7, 11) is 0. The van der Waals surface area contributed by atoms with Crippen LogP contribution < -0.4 is 0 Å². The number of alkyl halides is 3. The van der Waals surface area contributed by atoms with Gasteiger partial charge in [0.1, 0.15) is 5.82 Å². The van der Waals surface area contributed by atoms with Crippen LogP contribution >= 0.6 is 11.3 Å². The average Bonchev–Trinajstić information content (AvgIpc) is 3.66. The van der Waals surface area contributed by atoms with Crippen LogP contribution in [0.5, 0.6) is 0 Å². The third-order valence-corrected chi connectivity index (χ3v) is 9.56. The Hall–Kier alpha value is -3.21. The lowest BCUT2D eigenvalue weighted by molar-refractivity contribution is -0.192. The van der Waals surface area contributed by atoms with Crippen LogP contribution in [0.3, 0.4) is 0 Å². The maximum atomic E-state index is 10.6. The summed E-state index contributed by atoms with van der Waals surface area (Å²) in [6.45, 7) is 9.65. The molecule has 6 nitrogen and oxygen atoms in total. The van der Waals surface area contributed by atoms with Crippen LogP contribution in [0.1, 0.15) is 49.7 Å². The van der Waals surface area contributed by atoms with E-state index in [2.05, 4.69) is 76.3 Å². The monoisotopic (exact) mass is 612 g/mol. The fourth-order valence-corrected chi connectivity index (χ4v) is 6.92. The number of rotatable bonds is 7. The number of halogens is 3. The van der Waals surface area contributed by atoms with E-state index >= 15 is 0 Å². The number of fused-ring (bicyclic) bond motifs is 1. The zero-order valence-electron chi connectivity index (χ0n) is 24.5. The van der Waals surface area contributed by atoms with Gasteiger partial charge in [-0.25, -0.2) is 9.78 Å². The SMILES string of the molecule is Cc1cccc2[nH]c(-c3ccc(-c4cccc(CN5CCC(CCN6CCCCC6)CC5)c4)s3)nc12.O=C(O)C(F)(F)F. The van der Waals surface area contributed by atoms with E-state index in [0.29, 0.717) is 0 Å². The average molecular weight is 613 g/mol. The van der Waals surface area contributed by atoms with Gasteiger partial charge in [0.25, 0.3) is 0 Å². The summed E-state index contributed by atoms with van der Waals surface area (Å²) >= 11 is 1.82. The number of hydrogen-bond donors (Lipinski definition) is 2. The molecule has 4 aromatic rings. The standard InChI is InChI=1S/C31H38N4S.C2HF3O2/c1-23-7-5-10-27-30(23)33-31(32-27)29-12-11-28(36-29)26-9-6-8-25(21-26)22-35-19-14-24(15-20-35)13-18-34-16-3-2-4-17-34;3-2(4,5)1(6)7/h5-12,21,24H,2-4,13-20,22H2,1H3,(H,32,33);(H,6,7). The quantitative estimate of drug-likeness (QED) is 0.221. The lowest BCUT2D eigenvalue weighted by Crippen LogP contribution is -2.36. The normalized spacial score (nSPS) is 17.1. The number of H-pyrrole nitrogens is 1. The molecule has 0 atom stereocenters. The largest absolute Gasteiger partial charge is 0.490 e. The number of aromatic amines is 1. The van der Waals surface area contributed by atoms with Gasteiger partial charge < -0.3 is 15.0 Å². The lowest BCUT2D eigenvalue weighted by atomic mass is 9.92. The highest BCUT2D eigenvalue weighted by Crippen LogP contribution is 2.35. The highest BCUT2D eigenvalue weighted by atomic mass is 32.1. The van der Waals surface area contributed by atoms with Crippen molar-refractivity contribution in [1.29, 1.82) is 0 Å². The minimum Gasteiger partial charge on any atom is -0.475 e. The van der Waals surface area contributed by atoms with Crippen molar-refractivity contribution >= 4 is 28.3 Å². The minimum atomic E-state index is -5.08. The van der Waals surface area contributed by atoms with Crippen molar-refractivity contribution in [3.05, 3.63) is 65.7 Å². The summed E-state index contributed by atoms with van der Waals surface area (Å²) in [5.41, 5.74) is 6.13. The number of carboxylic acid groups (broad SMARTS) is 1. The summed E-state index contributed by atoms with van der Waals surface area (Å²) in [6, 6.07) is 19.9. The third-order valence-electron chi connectivity index (χ3n) is 8.42. The first-order valence-electron chi connectivity index (χ1n) is 15.1. The van der Waals surface area contributed by atoms with Crippen molar-refractivity contribution in [3.8, 4) is 21.1 Å². The molecule has 0 radical (unpaired) electrons.